The van der Waals surface area contributed by atoms with E-state index >= 15 is 0 Å². The number of anilines is 2. The van der Waals surface area contributed by atoms with Gasteiger partial charge in [-0.3, -0.25) is 4.68 Å². The highest BCUT2D eigenvalue weighted by Gasteiger charge is 2.23. The number of aryl methyl sites for hydroxylation is 1. The van der Waals surface area contributed by atoms with Crippen molar-refractivity contribution in [2.45, 2.75) is 6.54 Å². The van der Waals surface area contributed by atoms with E-state index in [9.17, 15) is 0 Å². The van der Waals surface area contributed by atoms with Crippen LogP contribution in [0.2, 0.25) is 0 Å². The second-order valence-electron chi connectivity index (χ2n) is 6.93. The molecule has 1 aromatic carbocycles. The van der Waals surface area contributed by atoms with Gasteiger partial charge in [0.2, 0.25) is 5.95 Å². The highest BCUT2D eigenvalue weighted by Crippen LogP contribution is 2.23. The van der Waals surface area contributed by atoms with E-state index in [0.29, 0.717) is 6.54 Å². The van der Waals surface area contributed by atoms with Gasteiger partial charge in [0, 0.05) is 19.2 Å². The third kappa shape index (κ3) is 3.86. The van der Waals surface area contributed by atoms with Crippen molar-refractivity contribution in [3.63, 3.8) is 0 Å². The van der Waals surface area contributed by atoms with Gasteiger partial charge in [0.1, 0.15) is 12.4 Å². The summed E-state index contributed by atoms with van der Waals surface area (Å²) in [5, 5.41) is 17.5. The second-order valence-corrected chi connectivity index (χ2v) is 6.93. The Hall–Kier alpha value is -2.71. The molecule has 1 aliphatic rings. The maximum atomic E-state index is 9.13. The molecule has 8 nitrogen and oxygen atoms in total. The molecule has 1 saturated heterocycles. The summed E-state index contributed by atoms with van der Waals surface area (Å²) in [5.41, 5.74) is 2.18. The Kier molecular flexibility index (Phi) is 5.17. The van der Waals surface area contributed by atoms with E-state index in [1.54, 1.807) is 15.8 Å². The summed E-state index contributed by atoms with van der Waals surface area (Å²) < 4.78 is 1.77. The topological polar surface area (TPSA) is 83.5 Å². The van der Waals surface area contributed by atoms with Gasteiger partial charge in [0.25, 0.3) is 0 Å². The van der Waals surface area contributed by atoms with Crippen LogP contribution >= 0.6 is 0 Å². The molecule has 0 radical (unpaired) electrons. The highest BCUT2D eigenvalue weighted by molar-refractivity contribution is 5.87. The van der Waals surface area contributed by atoms with E-state index in [0.717, 1.165) is 55.5 Å². The van der Waals surface area contributed by atoms with Gasteiger partial charge in [0.05, 0.1) is 44.4 Å². The minimum atomic E-state index is 0.0581. The van der Waals surface area contributed by atoms with Crippen LogP contribution < -0.4 is 15.1 Å². The lowest BCUT2D eigenvalue weighted by Crippen LogP contribution is -3.13. The molecule has 0 aliphatic carbocycles. The molecule has 4 rings (SSSR count). The smallest absolute Gasteiger partial charge is 0.229 e. The number of aromatic nitrogens is 4. The average Bonchev–Trinajstić information content (AvgIpc) is 3.08. The van der Waals surface area contributed by atoms with Crippen molar-refractivity contribution in [1.29, 1.82) is 0 Å². The first-order valence-corrected chi connectivity index (χ1v) is 9.41. The van der Waals surface area contributed by atoms with Crippen molar-refractivity contribution < 1.29 is 10.0 Å². The zero-order valence-corrected chi connectivity index (χ0v) is 15.6. The normalized spacial score (nSPS) is 15.4. The number of quaternary nitrogens is 1. The zero-order chi connectivity index (χ0) is 18.6. The number of aliphatic hydroxyl groups is 1. The van der Waals surface area contributed by atoms with Gasteiger partial charge in [-0.1, -0.05) is 30.3 Å². The molecule has 142 valence electrons. The van der Waals surface area contributed by atoms with Gasteiger partial charge in [-0.15, -0.1) is 0 Å². The van der Waals surface area contributed by atoms with Crippen molar-refractivity contribution in [2.75, 3.05) is 49.5 Å². The number of benzene rings is 1. The van der Waals surface area contributed by atoms with Crippen LogP contribution in [0, 0.1) is 0 Å². The minimum Gasteiger partial charge on any atom is -0.395 e. The monoisotopic (exact) mass is 368 g/mol. The van der Waals surface area contributed by atoms with Gasteiger partial charge >= 0.3 is 0 Å². The molecule has 3 heterocycles. The Bertz CT molecular complexity index is 888. The van der Waals surface area contributed by atoms with Gasteiger partial charge < -0.3 is 20.2 Å². The van der Waals surface area contributed by atoms with E-state index in [1.165, 1.54) is 5.56 Å². The van der Waals surface area contributed by atoms with Crippen molar-refractivity contribution in [3.05, 3.63) is 42.1 Å². The van der Waals surface area contributed by atoms with Gasteiger partial charge in [-0.2, -0.15) is 15.1 Å². The molecule has 2 aromatic heterocycles. The standard InChI is InChI=1S/C19H25N7O/c1-24-18-16(13-21-24)17(20-7-12-27)22-19(23-18)26-10-8-25(9-11-26)14-15-5-3-2-4-6-15/h2-6,13,27H,7-12,14H2,1H3,(H,20,22,23)/p+1. The number of hydrogen-bond donors (Lipinski definition) is 3. The predicted molar refractivity (Wildman–Crippen MR) is 105 cm³/mol. The van der Waals surface area contributed by atoms with Crippen LogP contribution in [0.5, 0.6) is 0 Å². The third-order valence-corrected chi connectivity index (χ3v) is 5.03. The highest BCUT2D eigenvalue weighted by atomic mass is 16.3. The number of fused-ring (bicyclic) bond motifs is 1. The Balaban J connectivity index is 1.49. The predicted octanol–water partition coefficient (Wildman–Crippen LogP) is -0.327. The molecule has 8 heteroatoms. The summed E-state index contributed by atoms with van der Waals surface area (Å²) in [6.45, 7) is 5.52. The lowest BCUT2D eigenvalue weighted by Gasteiger charge is -2.32. The zero-order valence-electron chi connectivity index (χ0n) is 15.6. The van der Waals surface area contributed by atoms with Crippen molar-refractivity contribution in [2.24, 2.45) is 7.05 Å². The Morgan fingerprint density at radius 2 is 1.93 bits per heavy atom. The molecule has 0 amide bonds. The molecule has 3 aromatic rings. The van der Waals surface area contributed by atoms with Crippen LogP contribution in [0.15, 0.2) is 36.5 Å². The number of rotatable bonds is 6. The SMILES string of the molecule is Cn1ncc2c(NCCO)nc(N3CC[NH+](Cc4ccccc4)CC3)nc21. The molecule has 3 N–H and O–H groups in total. The van der Waals surface area contributed by atoms with Crippen molar-refractivity contribution >= 4 is 22.8 Å². The van der Waals surface area contributed by atoms with E-state index < -0.39 is 0 Å². The third-order valence-electron chi connectivity index (χ3n) is 5.03. The fourth-order valence-electron chi connectivity index (χ4n) is 3.55. The van der Waals surface area contributed by atoms with E-state index in [4.69, 9.17) is 15.1 Å². The first kappa shape index (κ1) is 17.7. The number of nitrogens with one attached hydrogen (secondary N) is 2. The van der Waals surface area contributed by atoms with E-state index in [2.05, 4.69) is 45.6 Å². The maximum absolute atomic E-state index is 9.13. The van der Waals surface area contributed by atoms with E-state index in [1.807, 2.05) is 7.05 Å². The average molecular weight is 368 g/mol. The Morgan fingerprint density at radius 1 is 1.15 bits per heavy atom. The number of hydrogen-bond acceptors (Lipinski definition) is 6. The first-order chi connectivity index (χ1) is 13.2. The molecular weight excluding hydrogens is 342 g/mol. The van der Waals surface area contributed by atoms with Gasteiger partial charge in [-0.05, 0) is 0 Å². The summed E-state index contributed by atoms with van der Waals surface area (Å²) in [6.07, 6.45) is 1.76. The molecule has 1 aliphatic heterocycles. The summed E-state index contributed by atoms with van der Waals surface area (Å²) >= 11 is 0. The minimum absolute atomic E-state index is 0.0581. The van der Waals surface area contributed by atoms with Gasteiger partial charge in [-0.25, -0.2) is 0 Å². The van der Waals surface area contributed by atoms with Crippen LogP contribution in [0.1, 0.15) is 5.56 Å². The Labute approximate surface area is 158 Å². The number of aliphatic hydroxyl groups excluding tert-OH is 1. The quantitative estimate of drug-likeness (QED) is 0.553. The molecule has 1 fully saturated rings. The van der Waals surface area contributed by atoms with Crippen LogP contribution in [0.3, 0.4) is 0 Å². The number of piperazine rings is 1. The fourth-order valence-corrected chi connectivity index (χ4v) is 3.55. The molecule has 0 spiro atoms. The van der Waals surface area contributed by atoms with E-state index in [-0.39, 0.29) is 6.61 Å². The molecule has 0 saturated carbocycles. The van der Waals surface area contributed by atoms with Crippen LogP contribution in [0.25, 0.3) is 11.0 Å². The summed E-state index contributed by atoms with van der Waals surface area (Å²) in [4.78, 5) is 13.3. The fraction of sp³-hybridized carbons (Fsp3) is 0.421. The second kappa shape index (κ2) is 7.89. The van der Waals surface area contributed by atoms with Gasteiger partial charge in [0.15, 0.2) is 5.65 Å². The van der Waals surface area contributed by atoms with Crippen molar-refractivity contribution in [3.8, 4) is 0 Å². The molecule has 27 heavy (non-hydrogen) atoms. The lowest BCUT2D eigenvalue weighted by atomic mass is 10.2. The first-order valence-electron chi connectivity index (χ1n) is 9.41. The van der Waals surface area contributed by atoms with Crippen LogP contribution in [0.4, 0.5) is 11.8 Å². The summed E-state index contributed by atoms with van der Waals surface area (Å²) in [7, 11) is 1.89. The summed E-state index contributed by atoms with van der Waals surface area (Å²) in [6, 6.07) is 10.6. The lowest BCUT2D eigenvalue weighted by molar-refractivity contribution is -0.914. The molecule has 0 atom stereocenters. The molecule has 0 unspecified atom stereocenters. The van der Waals surface area contributed by atoms with Crippen LogP contribution in [-0.2, 0) is 13.6 Å². The van der Waals surface area contributed by atoms with Crippen LogP contribution in [-0.4, -0.2) is 64.2 Å². The molecular formula is C19H26N7O+. The Morgan fingerprint density at radius 3 is 2.67 bits per heavy atom. The number of nitrogens with zero attached hydrogens (tertiary/aromatic N) is 5. The van der Waals surface area contributed by atoms with Crippen molar-refractivity contribution in [1.82, 2.24) is 19.7 Å². The maximum Gasteiger partial charge on any atom is 0.229 e. The molecule has 0 bridgehead atoms. The summed E-state index contributed by atoms with van der Waals surface area (Å²) in [5.74, 6) is 1.46. The largest absolute Gasteiger partial charge is 0.395 e.